The average Bonchev–Trinajstić information content (AvgIpc) is 3.44. The molecule has 2 N–H and O–H groups in total. The number of H-pyrrole nitrogens is 1. The summed E-state index contributed by atoms with van der Waals surface area (Å²) in [7, 11) is 0. The maximum Gasteiger partial charge on any atom is 0.264 e. The van der Waals surface area contributed by atoms with E-state index in [2.05, 4.69) is 15.2 Å². The SMILES string of the molecule is Cc1nnc(-c2cc3c([nH]2)c(=O)c(C)cn3-c2cc(C(C)(C)O)ccc2Oc2ccc(F)cc2F)o1. The van der Waals surface area contributed by atoms with Crippen LogP contribution in [-0.2, 0) is 5.60 Å². The van der Waals surface area contributed by atoms with Gasteiger partial charge < -0.3 is 23.8 Å². The Morgan fingerprint density at radius 3 is 2.47 bits per heavy atom. The third kappa shape index (κ3) is 4.16. The van der Waals surface area contributed by atoms with Gasteiger partial charge in [-0.25, -0.2) is 8.78 Å². The van der Waals surface area contributed by atoms with Gasteiger partial charge in [-0.1, -0.05) is 6.07 Å². The van der Waals surface area contributed by atoms with Gasteiger partial charge in [-0.2, -0.15) is 0 Å². The van der Waals surface area contributed by atoms with Crippen molar-refractivity contribution in [1.82, 2.24) is 19.7 Å². The zero-order chi connectivity index (χ0) is 25.8. The third-order valence-electron chi connectivity index (χ3n) is 5.76. The summed E-state index contributed by atoms with van der Waals surface area (Å²) in [6.45, 7) is 6.58. The molecule has 0 saturated heterocycles. The summed E-state index contributed by atoms with van der Waals surface area (Å²) in [6.07, 6.45) is 1.62. The van der Waals surface area contributed by atoms with Crippen molar-refractivity contribution in [2.75, 3.05) is 0 Å². The van der Waals surface area contributed by atoms with Crippen molar-refractivity contribution >= 4 is 11.0 Å². The first kappa shape index (κ1) is 23.4. The quantitative estimate of drug-likeness (QED) is 0.346. The van der Waals surface area contributed by atoms with Gasteiger partial charge in [0.05, 0.1) is 16.8 Å². The van der Waals surface area contributed by atoms with Crippen molar-refractivity contribution in [1.29, 1.82) is 0 Å². The number of nitrogens with one attached hydrogen (secondary N) is 1. The first-order chi connectivity index (χ1) is 17.0. The fraction of sp³-hybridized carbons (Fsp3) is 0.192. The Hall–Kier alpha value is -4.31. The first-order valence-corrected chi connectivity index (χ1v) is 11.1. The summed E-state index contributed by atoms with van der Waals surface area (Å²) in [4.78, 5) is 16.0. The molecule has 3 aromatic heterocycles. The van der Waals surface area contributed by atoms with E-state index in [1.54, 1.807) is 62.7 Å². The Morgan fingerprint density at radius 2 is 1.81 bits per heavy atom. The number of hydrogen-bond donors (Lipinski definition) is 2. The first-order valence-electron chi connectivity index (χ1n) is 11.1. The van der Waals surface area contributed by atoms with Crippen molar-refractivity contribution < 1.29 is 23.0 Å². The molecule has 3 heterocycles. The molecule has 0 radical (unpaired) electrons. The molecular formula is C26H22F2N4O4. The van der Waals surface area contributed by atoms with Crippen LogP contribution >= 0.6 is 0 Å². The predicted octanol–water partition coefficient (Wildman–Crippen LogP) is 5.28. The molecule has 10 heteroatoms. The molecule has 0 amide bonds. The van der Waals surface area contributed by atoms with E-state index < -0.39 is 17.2 Å². The van der Waals surface area contributed by atoms with Gasteiger partial charge in [0.25, 0.3) is 5.89 Å². The number of fused-ring (bicyclic) bond motifs is 1. The lowest BCUT2D eigenvalue weighted by molar-refractivity contribution is 0.0785. The Bertz CT molecular complexity index is 1680. The molecule has 0 unspecified atom stereocenters. The lowest BCUT2D eigenvalue weighted by Gasteiger charge is -2.22. The number of hydrogen-bond acceptors (Lipinski definition) is 6. The van der Waals surface area contributed by atoms with Crippen LogP contribution < -0.4 is 10.2 Å². The van der Waals surface area contributed by atoms with Crippen molar-refractivity contribution in [2.45, 2.75) is 33.3 Å². The number of pyridine rings is 1. The van der Waals surface area contributed by atoms with Crippen LogP contribution in [0.15, 0.2) is 57.9 Å². The van der Waals surface area contributed by atoms with Crippen LogP contribution in [0.1, 0.15) is 30.9 Å². The lowest BCUT2D eigenvalue weighted by Crippen LogP contribution is -2.17. The Labute approximate surface area is 203 Å². The molecular weight excluding hydrogens is 470 g/mol. The standard InChI is InChI=1S/C26H22F2N4O4/c1-13-12-32(20-11-18(29-23(20)24(13)33)25-31-30-14(2)35-25)19-9-15(26(3,4)34)5-7-22(19)36-21-8-6-16(27)10-17(21)28/h5-12,29,34H,1-4H3. The number of aromatic amines is 1. The fourth-order valence-corrected chi connectivity index (χ4v) is 3.89. The zero-order valence-corrected chi connectivity index (χ0v) is 19.9. The maximum absolute atomic E-state index is 14.4. The van der Waals surface area contributed by atoms with E-state index in [0.717, 1.165) is 12.1 Å². The number of nitrogens with zero attached hydrogens (tertiary/aromatic N) is 3. The summed E-state index contributed by atoms with van der Waals surface area (Å²) in [5.74, 6) is -0.990. The van der Waals surface area contributed by atoms with Gasteiger partial charge in [0, 0.05) is 24.8 Å². The molecule has 0 aliphatic heterocycles. The molecule has 5 aromatic rings. The second-order valence-corrected chi connectivity index (χ2v) is 9.00. The van der Waals surface area contributed by atoms with E-state index >= 15 is 0 Å². The fourth-order valence-electron chi connectivity index (χ4n) is 3.89. The lowest BCUT2D eigenvalue weighted by atomic mass is 9.97. The normalized spacial score (nSPS) is 11.9. The molecule has 0 bridgehead atoms. The molecule has 0 saturated carbocycles. The maximum atomic E-state index is 14.4. The highest BCUT2D eigenvalue weighted by Crippen LogP contribution is 2.35. The van der Waals surface area contributed by atoms with E-state index in [0.29, 0.717) is 33.9 Å². The van der Waals surface area contributed by atoms with E-state index in [1.807, 2.05) is 0 Å². The number of rotatable bonds is 5. The van der Waals surface area contributed by atoms with Gasteiger partial charge >= 0.3 is 0 Å². The van der Waals surface area contributed by atoms with Crippen LogP contribution in [0.5, 0.6) is 11.5 Å². The van der Waals surface area contributed by atoms with Gasteiger partial charge in [0.1, 0.15) is 17.0 Å². The number of aliphatic hydroxyl groups is 1. The molecule has 8 nitrogen and oxygen atoms in total. The summed E-state index contributed by atoms with van der Waals surface area (Å²) in [5, 5.41) is 18.5. The predicted molar refractivity (Wildman–Crippen MR) is 128 cm³/mol. The minimum Gasteiger partial charge on any atom is -0.452 e. The van der Waals surface area contributed by atoms with E-state index in [9.17, 15) is 18.7 Å². The van der Waals surface area contributed by atoms with E-state index in [4.69, 9.17) is 9.15 Å². The van der Waals surface area contributed by atoms with E-state index in [1.165, 1.54) is 6.07 Å². The van der Waals surface area contributed by atoms with E-state index in [-0.39, 0.29) is 28.3 Å². The van der Waals surface area contributed by atoms with Crippen molar-refractivity contribution in [2.24, 2.45) is 0 Å². The zero-order valence-electron chi connectivity index (χ0n) is 19.9. The number of benzene rings is 2. The van der Waals surface area contributed by atoms with Crippen LogP contribution in [0.2, 0.25) is 0 Å². The Morgan fingerprint density at radius 1 is 1.06 bits per heavy atom. The number of aromatic nitrogens is 4. The second kappa shape index (κ2) is 8.42. The van der Waals surface area contributed by atoms with Gasteiger partial charge in [-0.3, -0.25) is 4.79 Å². The van der Waals surface area contributed by atoms with Crippen LogP contribution in [0.25, 0.3) is 28.3 Å². The number of aryl methyl sites for hydroxylation is 2. The highest BCUT2D eigenvalue weighted by molar-refractivity contribution is 5.84. The molecule has 184 valence electrons. The van der Waals surface area contributed by atoms with Gasteiger partial charge in [-0.05, 0) is 56.7 Å². The van der Waals surface area contributed by atoms with Crippen LogP contribution in [0.3, 0.4) is 0 Å². The second-order valence-electron chi connectivity index (χ2n) is 9.00. The molecule has 2 aromatic carbocycles. The summed E-state index contributed by atoms with van der Waals surface area (Å²) < 4.78 is 40.9. The van der Waals surface area contributed by atoms with Crippen LogP contribution in [0.4, 0.5) is 8.78 Å². The molecule has 36 heavy (non-hydrogen) atoms. The van der Waals surface area contributed by atoms with Gasteiger partial charge in [0.15, 0.2) is 17.3 Å². The third-order valence-corrected chi connectivity index (χ3v) is 5.76. The Kier molecular flexibility index (Phi) is 5.48. The smallest absolute Gasteiger partial charge is 0.264 e. The van der Waals surface area contributed by atoms with Crippen molar-refractivity contribution in [3.8, 4) is 28.8 Å². The molecule has 0 aliphatic carbocycles. The molecule has 0 aliphatic rings. The van der Waals surface area contributed by atoms with Crippen LogP contribution in [-0.4, -0.2) is 24.9 Å². The molecule has 0 fully saturated rings. The molecule has 0 spiro atoms. The highest BCUT2D eigenvalue weighted by atomic mass is 19.1. The summed E-state index contributed by atoms with van der Waals surface area (Å²) in [5.41, 5.74) is 1.15. The molecule has 0 atom stereocenters. The minimum atomic E-state index is -1.20. The van der Waals surface area contributed by atoms with Gasteiger partial charge in [-0.15, -0.1) is 10.2 Å². The minimum absolute atomic E-state index is 0.182. The van der Waals surface area contributed by atoms with Crippen molar-refractivity contribution in [3.05, 3.63) is 87.5 Å². The largest absolute Gasteiger partial charge is 0.452 e. The topological polar surface area (TPSA) is 106 Å². The van der Waals surface area contributed by atoms with Crippen LogP contribution in [0, 0.1) is 25.5 Å². The summed E-state index contributed by atoms with van der Waals surface area (Å²) in [6, 6.07) is 9.61. The monoisotopic (exact) mass is 492 g/mol. The molecule has 5 rings (SSSR count). The average molecular weight is 492 g/mol. The number of halogens is 2. The van der Waals surface area contributed by atoms with Gasteiger partial charge in [0.2, 0.25) is 11.3 Å². The highest BCUT2D eigenvalue weighted by Gasteiger charge is 2.22. The summed E-state index contributed by atoms with van der Waals surface area (Å²) >= 11 is 0. The number of ether oxygens (including phenoxy) is 1. The Balaban J connectivity index is 1.76. The van der Waals surface area contributed by atoms with Crippen molar-refractivity contribution in [3.63, 3.8) is 0 Å².